The minimum atomic E-state index is -5.04. The van der Waals surface area contributed by atoms with Gasteiger partial charge in [0.1, 0.15) is 4.90 Å². The van der Waals surface area contributed by atoms with E-state index in [0.29, 0.717) is 12.1 Å². The van der Waals surface area contributed by atoms with E-state index in [9.17, 15) is 34.8 Å². The van der Waals surface area contributed by atoms with Crippen molar-refractivity contribution >= 4 is 25.9 Å². The van der Waals surface area contributed by atoms with Gasteiger partial charge in [0, 0.05) is 0 Å². The summed E-state index contributed by atoms with van der Waals surface area (Å²) in [4.78, 5) is 7.90. The van der Waals surface area contributed by atoms with E-state index in [1.807, 2.05) is 0 Å². The quantitative estimate of drug-likeness (QED) is 0.607. The largest absolute Gasteiger partial charge is 0.403 e. The van der Waals surface area contributed by atoms with E-state index in [0.717, 1.165) is 18.2 Å². The second kappa shape index (κ2) is 5.35. The van der Waals surface area contributed by atoms with Crippen molar-refractivity contribution in [2.75, 3.05) is 5.75 Å². The van der Waals surface area contributed by atoms with Gasteiger partial charge < -0.3 is 0 Å². The summed E-state index contributed by atoms with van der Waals surface area (Å²) in [5.74, 6) is -2.22. The molecule has 0 spiro atoms. The first-order chi connectivity index (χ1) is 8.99. The first-order valence-corrected chi connectivity index (χ1v) is 7.81. The summed E-state index contributed by atoms with van der Waals surface area (Å²) in [7, 11) is -9.67. The van der Waals surface area contributed by atoms with Crippen LogP contribution in [-0.2, 0) is 24.7 Å². The van der Waals surface area contributed by atoms with E-state index in [4.69, 9.17) is 0 Å². The van der Waals surface area contributed by atoms with E-state index < -0.39 is 41.6 Å². The molecule has 1 rings (SSSR count). The van der Waals surface area contributed by atoms with Crippen LogP contribution < -0.4 is 0 Å². The summed E-state index contributed by atoms with van der Waals surface area (Å²) in [6, 6.07) is 3.56. The van der Waals surface area contributed by atoms with Gasteiger partial charge >= 0.3 is 6.18 Å². The van der Waals surface area contributed by atoms with Crippen LogP contribution in [0.5, 0.6) is 0 Å². The van der Waals surface area contributed by atoms with Gasteiger partial charge in [-0.25, -0.2) is 13.2 Å². The molecule has 0 aliphatic carbocycles. The van der Waals surface area contributed by atoms with E-state index in [1.165, 1.54) is 0 Å². The number of isocyanates is 1. The second-order valence-corrected chi connectivity index (χ2v) is 7.01. The summed E-state index contributed by atoms with van der Waals surface area (Å²) in [6.45, 7) is 0. The van der Waals surface area contributed by atoms with Crippen molar-refractivity contribution in [1.82, 2.24) is 0 Å². The molecule has 0 heterocycles. The Morgan fingerprint density at radius 2 is 1.55 bits per heavy atom. The molecule has 0 aliphatic heterocycles. The fourth-order valence-electron chi connectivity index (χ4n) is 1.31. The number of alkyl halides is 3. The molecule has 0 bridgehead atoms. The highest BCUT2D eigenvalue weighted by Gasteiger charge is 2.38. The fourth-order valence-corrected chi connectivity index (χ4v) is 4.02. The van der Waals surface area contributed by atoms with Crippen molar-refractivity contribution in [2.24, 2.45) is 4.40 Å². The molecular formula is C9H6F3NO5S2. The van der Waals surface area contributed by atoms with Crippen molar-refractivity contribution in [3.63, 3.8) is 0 Å². The monoisotopic (exact) mass is 329 g/mol. The van der Waals surface area contributed by atoms with Gasteiger partial charge in [-0.3, -0.25) is 0 Å². The maximum atomic E-state index is 12.2. The smallest absolute Gasteiger partial charge is 0.223 e. The van der Waals surface area contributed by atoms with E-state index in [2.05, 4.69) is 4.40 Å². The van der Waals surface area contributed by atoms with Crippen LogP contribution in [0, 0.1) is 0 Å². The minimum Gasteiger partial charge on any atom is -0.223 e. The number of rotatable bonds is 4. The van der Waals surface area contributed by atoms with Crippen LogP contribution in [0.1, 0.15) is 0 Å². The van der Waals surface area contributed by atoms with Crippen molar-refractivity contribution < 1.29 is 34.8 Å². The molecule has 0 radical (unpaired) electrons. The lowest BCUT2D eigenvalue weighted by molar-refractivity contribution is -0.106. The third-order valence-electron chi connectivity index (χ3n) is 1.97. The molecule has 0 aromatic heterocycles. The minimum absolute atomic E-state index is 0.689. The Morgan fingerprint density at radius 3 is 2.00 bits per heavy atom. The van der Waals surface area contributed by atoms with E-state index in [1.54, 1.807) is 0 Å². The maximum Gasteiger partial charge on any atom is 0.403 e. The highest BCUT2D eigenvalue weighted by atomic mass is 32.2. The van der Waals surface area contributed by atoms with Crippen LogP contribution in [0.3, 0.4) is 0 Å². The molecule has 6 nitrogen and oxygen atoms in total. The molecule has 11 heteroatoms. The van der Waals surface area contributed by atoms with Crippen molar-refractivity contribution in [3.05, 3.63) is 24.3 Å². The lowest BCUT2D eigenvalue weighted by Crippen LogP contribution is -2.24. The zero-order valence-corrected chi connectivity index (χ0v) is 11.1. The Morgan fingerprint density at radius 1 is 1.05 bits per heavy atom. The summed E-state index contributed by atoms with van der Waals surface area (Å²) >= 11 is 0. The molecule has 0 amide bonds. The molecule has 0 unspecified atom stereocenters. The highest BCUT2D eigenvalue weighted by molar-refractivity contribution is 7.94. The van der Waals surface area contributed by atoms with E-state index >= 15 is 0 Å². The van der Waals surface area contributed by atoms with Gasteiger partial charge in [0.15, 0.2) is 15.6 Å². The topological polar surface area (TPSA) is 97.7 Å². The lowest BCUT2D eigenvalue weighted by Gasteiger charge is -2.10. The van der Waals surface area contributed by atoms with Crippen molar-refractivity contribution in [1.29, 1.82) is 0 Å². The molecule has 0 aliphatic rings. The zero-order valence-electron chi connectivity index (χ0n) is 9.46. The van der Waals surface area contributed by atoms with Crippen LogP contribution in [0.4, 0.5) is 13.2 Å². The lowest BCUT2D eigenvalue weighted by atomic mass is 10.4. The van der Waals surface area contributed by atoms with E-state index in [-0.39, 0.29) is 0 Å². The Labute approximate surface area is 111 Å². The predicted molar refractivity (Wildman–Crippen MR) is 59.9 cm³/mol. The van der Waals surface area contributed by atoms with Crippen LogP contribution in [0.25, 0.3) is 0 Å². The summed E-state index contributed by atoms with van der Waals surface area (Å²) < 4.78 is 85.2. The Balaban J connectivity index is 3.54. The number of sulfonamides is 1. The molecule has 110 valence electrons. The summed E-state index contributed by atoms with van der Waals surface area (Å²) in [5.41, 5.74) is 0. The standard InChI is InChI=1S/C9H6F3NO5S2/c10-9(11,12)5-19(15,16)7-3-1-2-4-8(7)20(17,18)13-6-14/h1-4H,5H2. The fraction of sp³-hybridized carbons (Fsp3) is 0.222. The summed E-state index contributed by atoms with van der Waals surface area (Å²) in [5, 5.41) is 0. The van der Waals surface area contributed by atoms with Crippen LogP contribution >= 0.6 is 0 Å². The number of nitrogens with zero attached hydrogens (tertiary/aromatic N) is 1. The number of benzene rings is 1. The second-order valence-electron chi connectivity index (χ2n) is 3.48. The van der Waals surface area contributed by atoms with Crippen LogP contribution in [0.2, 0.25) is 0 Å². The van der Waals surface area contributed by atoms with Gasteiger partial charge in [-0.05, 0) is 12.1 Å². The molecule has 0 N–H and O–H groups in total. The van der Waals surface area contributed by atoms with Gasteiger partial charge in [0.05, 0.1) is 4.90 Å². The number of hydrogen-bond acceptors (Lipinski definition) is 5. The van der Waals surface area contributed by atoms with Gasteiger partial charge in [-0.15, -0.1) is 0 Å². The third-order valence-corrected chi connectivity index (χ3v) is 5.06. The van der Waals surface area contributed by atoms with Gasteiger partial charge in [0.25, 0.3) is 16.1 Å². The maximum absolute atomic E-state index is 12.2. The Hall–Kier alpha value is -1.71. The Bertz CT molecular complexity index is 761. The Kier molecular flexibility index (Phi) is 4.37. The van der Waals surface area contributed by atoms with Crippen molar-refractivity contribution in [3.8, 4) is 0 Å². The number of carbonyl (C=O) groups excluding carboxylic acids is 1. The molecule has 1 aromatic rings. The average Bonchev–Trinajstić information content (AvgIpc) is 2.26. The zero-order chi connectivity index (χ0) is 15.6. The van der Waals surface area contributed by atoms with Crippen LogP contribution in [0.15, 0.2) is 38.5 Å². The molecule has 0 saturated carbocycles. The normalized spacial score (nSPS) is 12.8. The van der Waals surface area contributed by atoms with Gasteiger partial charge in [-0.1, -0.05) is 16.5 Å². The molecule has 0 saturated heterocycles. The molecule has 1 aromatic carbocycles. The summed E-state index contributed by atoms with van der Waals surface area (Å²) in [6.07, 6.45) is -4.33. The molecular weight excluding hydrogens is 323 g/mol. The number of hydrogen-bond donors (Lipinski definition) is 0. The average molecular weight is 329 g/mol. The number of sulfone groups is 1. The first kappa shape index (κ1) is 16.3. The predicted octanol–water partition coefficient (Wildman–Crippen LogP) is 1.05. The van der Waals surface area contributed by atoms with Crippen LogP contribution in [-0.4, -0.2) is 34.8 Å². The van der Waals surface area contributed by atoms with Gasteiger partial charge in [-0.2, -0.15) is 21.6 Å². The molecule has 20 heavy (non-hydrogen) atoms. The highest BCUT2D eigenvalue weighted by Crippen LogP contribution is 2.27. The van der Waals surface area contributed by atoms with Gasteiger partial charge in [0.2, 0.25) is 0 Å². The number of halogens is 3. The van der Waals surface area contributed by atoms with Crippen molar-refractivity contribution in [2.45, 2.75) is 16.0 Å². The molecule has 0 fully saturated rings. The SMILES string of the molecule is O=C=NS(=O)(=O)c1ccccc1S(=O)(=O)CC(F)(F)F. The first-order valence-electron chi connectivity index (χ1n) is 4.72. The third kappa shape index (κ3) is 3.89. The molecule has 0 atom stereocenters.